The molecule has 0 N–H and O–H groups in total. The second-order valence-electron chi connectivity index (χ2n) is 5.57. The molecule has 0 spiro atoms. The molecule has 0 saturated heterocycles. The Morgan fingerprint density at radius 3 is 2.52 bits per heavy atom. The third kappa shape index (κ3) is 4.92. The van der Waals surface area contributed by atoms with Crippen LogP contribution in [0.3, 0.4) is 0 Å². The van der Waals surface area contributed by atoms with Crippen molar-refractivity contribution in [1.29, 1.82) is 0 Å². The van der Waals surface area contributed by atoms with Gasteiger partial charge >= 0.3 is 5.97 Å². The molecule has 27 heavy (non-hydrogen) atoms. The van der Waals surface area contributed by atoms with E-state index < -0.39 is 5.97 Å². The summed E-state index contributed by atoms with van der Waals surface area (Å²) in [7, 11) is 0. The summed E-state index contributed by atoms with van der Waals surface area (Å²) in [5, 5.41) is 1.82. The standard InChI is InChI=1S/C22H18O4S/c1-2-25-20-15-16(10-12-18(23)17-7-4-3-5-8-17)11-13-19(20)26-22(24)21-9-6-14-27-21/h3-15H,2H2,1H3/b12-10+. The van der Waals surface area contributed by atoms with E-state index in [2.05, 4.69) is 0 Å². The summed E-state index contributed by atoms with van der Waals surface area (Å²) >= 11 is 1.32. The van der Waals surface area contributed by atoms with Crippen molar-refractivity contribution >= 4 is 29.2 Å². The molecule has 0 saturated carbocycles. The molecular weight excluding hydrogens is 360 g/mol. The molecule has 0 atom stereocenters. The van der Waals surface area contributed by atoms with E-state index >= 15 is 0 Å². The molecule has 0 aliphatic carbocycles. The van der Waals surface area contributed by atoms with Gasteiger partial charge in [0.25, 0.3) is 0 Å². The SMILES string of the molecule is CCOc1cc(/C=C/C(=O)c2ccccc2)ccc1OC(=O)c1cccs1. The van der Waals surface area contributed by atoms with E-state index in [0.29, 0.717) is 28.5 Å². The van der Waals surface area contributed by atoms with E-state index in [1.54, 1.807) is 48.5 Å². The molecule has 0 aliphatic heterocycles. The molecule has 3 rings (SSSR count). The Kier molecular flexibility index (Phi) is 6.18. The van der Waals surface area contributed by atoms with Gasteiger partial charge in [0, 0.05) is 5.56 Å². The van der Waals surface area contributed by atoms with E-state index in [0.717, 1.165) is 5.56 Å². The summed E-state index contributed by atoms with van der Waals surface area (Å²) in [6.07, 6.45) is 3.22. The number of carbonyl (C=O) groups is 2. The highest BCUT2D eigenvalue weighted by atomic mass is 32.1. The minimum Gasteiger partial charge on any atom is -0.490 e. The van der Waals surface area contributed by atoms with Crippen molar-refractivity contribution in [1.82, 2.24) is 0 Å². The molecule has 4 nitrogen and oxygen atoms in total. The second-order valence-corrected chi connectivity index (χ2v) is 6.52. The maximum Gasteiger partial charge on any atom is 0.353 e. The van der Waals surface area contributed by atoms with Gasteiger partial charge in [-0.25, -0.2) is 4.79 Å². The van der Waals surface area contributed by atoms with Crippen molar-refractivity contribution in [3.05, 3.63) is 88.1 Å². The first-order chi connectivity index (χ1) is 13.2. The van der Waals surface area contributed by atoms with E-state index in [4.69, 9.17) is 9.47 Å². The lowest BCUT2D eigenvalue weighted by Crippen LogP contribution is -2.08. The lowest BCUT2D eigenvalue weighted by Gasteiger charge is -2.11. The van der Waals surface area contributed by atoms with Crippen LogP contribution >= 0.6 is 11.3 Å². The van der Waals surface area contributed by atoms with Gasteiger partial charge in [-0.15, -0.1) is 11.3 Å². The Bertz CT molecular complexity index is 944. The lowest BCUT2D eigenvalue weighted by atomic mass is 10.1. The van der Waals surface area contributed by atoms with E-state index in [1.165, 1.54) is 17.4 Å². The van der Waals surface area contributed by atoms with Gasteiger partial charge in [-0.1, -0.05) is 48.5 Å². The third-order valence-corrected chi connectivity index (χ3v) is 4.53. The van der Waals surface area contributed by atoms with Crippen LogP contribution in [0.1, 0.15) is 32.5 Å². The molecule has 5 heteroatoms. The molecule has 0 bridgehead atoms. The fourth-order valence-electron chi connectivity index (χ4n) is 2.40. The van der Waals surface area contributed by atoms with Crippen molar-refractivity contribution < 1.29 is 19.1 Å². The van der Waals surface area contributed by atoms with Gasteiger partial charge in [-0.05, 0) is 42.1 Å². The van der Waals surface area contributed by atoms with Crippen LogP contribution in [-0.4, -0.2) is 18.4 Å². The zero-order valence-electron chi connectivity index (χ0n) is 14.8. The van der Waals surface area contributed by atoms with Gasteiger partial charge in [0.15, 0.2) is 17.3 Å². The number of ether oxygens (including phenoxy) is 2. The fourth-order valence-corrected chi connectivity index (χ4v) is 3.00. The molecular formula is C22H18O4S. The van der Waals surface area contributed by atoms with E-state index in [1.807, 2.05) is 30.5 Å². The molecule has 1 heterocycles. The molecule has 3 aromatic rings. The predicted octanol–water partition coefficient (Wildman–Crippen LogP) is 5.26. The topological polar surface area (TPSA) is 52.6 Å². The van der Waals surface area contributed by atoms with Crippen molar-refractivity contribution in [2.45, 2.75) is 6.92 Å². The van der Waals surface area contributed by atoms with Gasteiger partial charge in [0.1, 0.15) is 4.88 Å². The maximum atomic E-state index is 12.2. The van der Waals surface area contributed by atoms with Crippen LogP contribution in [0.25, 0.3) is 6.08 Å². The molecule has 0 unspecified atom stereocenters. The number of hydrogen-bond donors (Lipinski definition) is 0. The first-order valence-electron chi connectivity index (χ1n) is 8.47. The minimum atomic E-state index is -0.423. The van der Waals surface area contributed by atoms with Crippen molar-refractivity contribution in [2.24, 2.45) is 0 Å². The summed E-state index contributed by atoms with van der Waals surface area (Å²) in [6.45, 7) is 2.28. The van der Waals surface area contributed by atoms with Crippen LogP contribution in [0.5, 0.6) is 11.5 Å². The first-order valence-corrected chi connectivity index (χ1v) is 9.35. The highest BCUT2D eigenvalue weighted by Crippen LogP contribution is 2.30. The van der Waals surface area contributed by atoms with Crippen LogP contribution in [0.4, 0.5) is 0 Å². The van der Waals surface area contributed by atoms with Gasteiger partial charge < -0.3 is 9.47 Å². The number of carbonyl (C=O) groups excluding carboxylic acids is 2. The van der Waals surface area contributed by atoms with Crippen molar-refractivity contribution in [2.75, 3.05) is 6.61 Å². The number of thiophene rings is 1. The van der Waals surface area contributed by atoms with Crippen LogP contribution in [0, 0.1) is 0 Å². The smallest absolute Gasteiger partial charge is 0.353 e. The van der Waals surface area contributed by atoms with Crippen LogP contribution in [0.2, 0.25) is 0 Å². The molecule has 0 aliphatic rings. The summed E-state index contributed by atoms with van der Waals surface area (Å²) in [4.78, 5) is 24.9. The number of hydrogen-bond acceptors (Lipinski definition) is 5. The number of esters is 1. The van der Waals surface area contributed by atoms with Crippen LogP contribution in [0.15, 0.2) is 72.1 Å². The highest BCUT2D eigenvalue weighted by Gasteiger charge is 2.13. The minimum absolute atomic E-state index is 0.0817. The largest absolute Gasteiger partial charge is 0.490 e. The normalized spacial score (nSPS) is 10.7. The molecule has 0 fully saturated rings. The maximum absolute atomic E-state index is 12.2. The number of allylic oxidation sites excluding steroid dienone is 1. The van der Waals surface area contributed by atoms with Crippen molar-refractivity contribution in [3.63, 3.8) is 0 Å². The number of ketones is 1. The zero-order chi connectivity index (χ0) is 19.1. The molecule has 2 aromatic carbocycles. The Morgan fingerprint density at radius 2 is 1.81 bits per heavy atom. The molecule has 0 radical (unpaired) electrons. The Morgan fingerprint density at radius 1 is 1.00 bits per heavy atom. The number of rotatable bonds is 7. The first kappa shape index (κ1) is 18.6. The molecule has 1 aromatic heterocycles. The van der Waals surface area contributed by atoms with E-state index in [-0.39, 0.29) is 5.78 Å². The third-order valence-electron chi connectivity index (χ3n) is 3.68. The lowest BCUT2D eigenvalue weighted by molar-refractivity contribution is 0.0733. The highest BCUT2D eigenvalue weighted by molar-refractivity contribution is 7.12. The van der Waals surface area contributed by atoms with Gasteiger partial charge in [-0.3, -0.25) is 4.79 Å². The number of benzene rings is 2. The van der Waals surface area contributed by atoms with Gasteiger partial charge in [0.2, 0.25) is 0 Å². The quantitative estimate of drug-likeness (QED) is 0.243. The summed E-state index contributed by atoms with van der Waals surface area (Å²) in [5.74, 6) is 0.300. The van der Waals surface area contributed by atoms with E-state index in [9.17, 15) is 9.59 Å². The Hall–Kier alpha value is -3.18. The predicted molar refractivity (Wildman–Crippen MR) is 107 cm³/mol. The second kappa shape index (κ2) is 8.96. The average Bonchev–Trinajstić information content (AvgIpc) is 3.23. The van der Waals surface area contributed by atoms with Crippen LogP contribution in [-0.2, 0) is 0 Å². The Balaban J connectivity index is 1.77. The van der Waals surface area contributed by atoms with Crippen LogP contribution < -0.4 is 9.47 Å². The average molecular weight is 378 g/mol. The van der Waals surface area contributed by atoms with Gasteiger partial charge in [-0.2, -0.15) is 0 Å². The van der Waals surface area contributed by atoms with Gasteiger partial charge in [0.05, 0.1) is 6.61 Å². The molecule has 0 amide bonds. The summed E-state index contributed by atoms with van der Waals surface area (Å²) in [5.41, 5.74) is 1.40. The molecule has 136 valence electrons. The fraction of sp³-hybridized carbons (Fsp3) is 0.0909. The summed E-state index contributed by atoms with van der Waals surface area (Å²) in [6, 6.07) is 17.7. The monoisotopic (exact) mass is 378 g/mol. The zero-order valence-corrected chi connectivity index (χ0v) is 15.6. The Labute approximate surface area is 161 Å². The van der Waals surface area contributed by atoms with Crippen molar-refractivity contribution in [3.8, 4) is 11.5 Å². The summed E-state index contributed by atoms with van der Waals surface area (Å²) < 4.78 is 11.0.